The summed E-state index contributed by atoms with van der Waals surface area (Å²) >= 11 is 0. The van der Waals surface area contributed by atoms with Crippen LogP contribution in [-0.4, -0.2) is 98.5 Å². The summed E-state index contributed by atoms with van der Waals surface area (Å²) in [5.41, 5.74) is 18.1. The van der Waals surface area contributed by atoms with E-state index in [1.165, 1.54) is 12.5 Å². The van der Waals surface area contributed by atoms with Crippen molar-refractivity contribution >= 4 is 41.5 Å². The molecule has 13 N–H and O–H groups in total. The third kappa shape index (κ3) is 15.1. The lowest BCUT2D eigenvalue weighted by molar-refractivity contribution is -0.142. The Kier molecular flexibility index (Phi) is 16.9. The lowest BCUT2D eigenvalue weighted by Gasteiger charge is -2.27. The molecule has 18 heteroatoms. The molecule has 0 saturated carbocycles. The predicted octanol–water partition coefficient (Wildman–Crippen LogP) is -1.49. The Labute approximate surface area is 289 Å². The molecule has 0 spiro atoms. The summed E-state index contributed by atoms with van der Waals surface area (Å²) in [6.45, 7) is 3.74. The van der Waals surface area contributed by atoms with Gasteiger partial charge in [0.25, 0.3) is 0 Å². The number of carboxylic acid groups (broad SMARTS) is 2. The Morgan fingerprint density at radius 2 is 1.40 bits per heavy atom. The van der Waals surface area contributed by atoms with Crippen LogP contribution in [0.4, 0.5) is 0 Å². The van der Waals surface area contributed by atoms with E-state index in [2.05, 4.69) is 36.2 Å². The number of nitrogens with zero attached hydrogens (tertiary/aromatic N) is 2. The third-order valence-electron chi connectivity index (χ3n) is 7.43. The van der Waals surface area contributed by atoms with Crippen LogP contribution in [0.15, 0.2) is 47.8 Å². The highest BCUT2D eigenvalue weighted by Crippen LogP contribution is 2.10. The molecule has 5 atom stereocenters. The van der Waals surface area contributed by atoms with Gasteiger partial charge in [-0.2, -0.15) is 0 Å². The third-order valence-corrected chi connectivity index (χ3v) is 7.43. The first-order chi connectivity index (χ1) is 23.7. The molecule has 0 aliphatic heterocycles. The molecule has 1 aromatic carbocycles. The summed E-state index contributed by atoms with van der Waals surface area (Å²) in [6.07, 6.45) is 2.27. The van der Waals surface area contributed by atoms with E-state index in [0.29, 0.717) is 5.69 Å². The van der Waals surface area contributed by atoms with Gasteiger partial charge in [0.2, 0.25) is 23.6 Å². The van der Waals surface area contributed by atoms with Crippen molar-refractivity contribution in [2.24, 2.45) is 28.1 Å². The van der Waals surface area contributed by atoms with E-state index in [1.807, 2.05) is 32.0 Å². The Hall–Kier alpha value is -5.52. The fourth-order valence-corrected chi connectivity index (χ4v) is 4.88. The molecule has 0 aliphatic rings. The van der Waals surface area contributed by atoms with Crippen LogP contribution in [0.5, 0.6) is 0 Å². The lowest BCUT2D eigenvalue weighted by atomic mass is 10.0. The Morgan fingerprint density at radius 3 is 1.94 bits per heavy atom. The van der Waals surface area contributed by atoms with Crippen molar-refractivity contribution in [1.82, 2.24) is 31.2 Å². The second kappa shape index (κ2) is 20.8. The van der Waals surface area contributed by atoms with Gasteiger partial charge < -0.3 is 53.7 Å². The molecular weight excluding hydrogens is 652 g/mol. The highest BCUT2D eigenvalue weighted by Gasteiger charge is 2.32. The van der Waals surface area contributed by atoms with Crippen LogP contribution < -0.4 is 38.5 Å². The summed E-state index contributed by atoms with van der Waals surface area (Å²) < 4.78 is 0. The molecule has 0 saturated heterocycles. The number of hydrogen-bond donors (Lipinski definition) is 10. The molecule has 0 bridgehead atoms. The van der Waals surface area contributed by atoms with E-state index < -0.39 is 72.2 Å². The number of carbonyl (C=O) groups is 6. The van der Waals surface area contributed by atoms with E-state index in [4.69, 9.17) is 17.2 Å². The molecular formula is C32H48N10O8. The van der Waals surface area contributed by atoms with Crippen molar-refractivity contribution in [1.29, 1.82) is 0 Å². The van der Waals surface area contributed by atoms with Crippen LogP contribution in [-0.2, 0) is 41.6 Å². The molecule has 4 amide bonds. The van der Waals surface area contributed by atoms with E-state index >= 15 is 0 Å². The molecule has 1 aromatic heterocycles. The minimum Gasteiger partial charge on any atom is -0.481 e. The number of nitrogens with one attached hydrogen (secondary N) is 5. The number of nitrogens with two attached hydrogens (primary N) is 3. The number of benzene rings is 1. The summed E-state index contributed by atoms with van der Waals surface area (Å²) in [5, 5.41) is 29.2. The van der Waals surface area contributed by atoms with Crippen molar-refractivity contribution in [3.63, 3.8) is 0 Å². The Bertz CT molecular complexity index is 1450. The van der Waals surface area contributed by atoms with Gasteiger partial charge >= 0.3 is 11.9 Å². The minimum absolute atomic E-state index is 0.0460. The maximum atomic E-state index is 13.6. The van der Waals surface area contributed by atoms with E-state index in [-0.39, 0.29) is 56.9 Å². The predicted molar refractivity (Wildman–Crippen MR) is 182 cm³/mol. The first-order valence-corrected chi connectivity index (χ1v) is 16.1. The number of amides is 4. The van der Waals surface area contributed by atoms with Gasteiger partial charge in [-0.05, 0) is 43.6 Å². The molecule has 1 heterocycles. The first kappa shape index (κ1) is 40.7. The molecule has 0 fully saturated rings. The Balaban J connectivity index is 2.25. The fourth-order valence-electron chi connectivity index (χ4n) is 4.88. The van der Waals surface area contributed by atoms with Crippen LogP contribution in [0.3, 0.4) is 0 Å². The zero-order valence-corrected chi connectivity index (χ0v) is 28.1. The standard InChI is InChI=1S/C32H48N10O8/c1-18(2)13-24(41-27(45)21(33)14-19-7-4-3-5-8-19)30(48)40-23(10-11-26(43)44)29(47)39-22(9-6-12-37-32(34)35)28(46)42-25(31(49)50)15-20-16-36-17-38-20/h3-5,7-8,16-18,21-25H,6,9-15,33H2,1-2H3,(H,36,38)(H,39,47)(H,40,48)(H,41,45)(H,42,46)(H,43,44)(H,49,50)(H4,34,35,37)/t21-,22-,23-,24-,25-/m0/s1. The second-order valence-electron chi connectivity index (χ2n) is 12.2. The number of aliphatic imine (C=N–C) groups is 1. The smallest absolute Gasteiger partial charge is 0.326 e. The van der Waals surface area contributed by atoms with Crippen molar-refractivity contribution < 1.29 is 39.0 Å². The van der Waals surface area contributed by atoms with E-state index in [1.54, 1.807) is 12.1 Å². The number of rotatable bonds is 22. The zero-order valence-electron chi connectivity index (χ0n) is 28.1. The van der Waals surface area contributed by atoms with Crippen molar-refractivity contribution in [2.45, 2.75) is 89.0 Å². The number of aliphatic carboxylic acids is 2. The summed E-state index contributed by atoms with van der Waals surface area (Å²) in [4.78, 5) is 87.4. The molecule has 18 nitrogen and oxygen atoms in total. The van der Waals surface area contributed by atoms with Gasteiger partial charge in [0.15, 0.2) is 5.96 Å². The molecule has 274 valence electrons. The van der Waals surface area contributed by atoms with Crippen LogP contribution in [0.2, 0.25) is 0 Å². The van der Waals surface area contributed by atoms with Crippen LogP contribution in [0.1, 0.15) is 57.2 Å². The molecule has 2 rings (SSSR count). The van der Waals surface area contributed by atoms with Crippen LogP contribution >= 0.6 is 0 Å². The minimum atomic E-state index is -1.45. The maximum absolute atomic E-state index is 13.6. The number of guanidine groups is 1. The summed E-state index contributed by atoms with van der Waals surface area (Å²) in [6, 6.07) is 2.79. The van der Waals surface area contributed by atoms with Gasteiger partial charge in [-0.15, -0.1) is 0 Å². The number of aromatic amines is 1. The topological polar surface area (TPSA) is 310 Å². The fraction of sp³-hybridized carbons (Fsp3) is 0.500. The van der Waals surface area contributed by atoms with Crippen LogP contribution in [0, 0.1) is 5.92 Å². The van der Waals surface area contributed by atoms with Gasteiger partial charge in [-0.3, -0.25) is 29.0 Å². The average molecular weight is 701 g/mol. The second-order valence-corrected chi connectivity index (χ2v) is 12.2. The normalized spacial score (nSPS) is 13.9. The number of H-pyrrole nitrogens is 1. The number of imidazole rings is 1. The first-order valence-electron chi connectivity index (χ1n) is 16.1. The quantitative estimate of drug-likeness (QED) is 0.0382. The zero-order chi connectivity index (χ0) is 37.2. The number of carboxylic acids is 2. The SMILES string of the molecule is CC(C)C[C@H](NC(=O)[C@@H](N)Cc1ccccc1)C(=O)N[C@@H](CCC(=O)O)C(=O)N[C@@H](CCCN=C(N)N)C(=O)N[C@@H](Cc1cnc[nH]1)C(=O)O. The molecule has 0 radical (unpaired) electrons. The highest BCUT2D eigenvalue weighted by atomic mass is 16.4. The number of aromatic nitrogens is 2. The van der Waals surface area contributed by atoms with Gasteiger partial charge in [0, 0.05) is 31.3 Å². The largest absolute Gasteiger partial charge is 0.481 e. The average Bonchev–Trinajstić information content (AvgIpc) is 3.56. The summed E-state index contributed by atoms with van der Waals surface area (Å²) in [7, 11) is 0. The van der Waals surface area contributed by atoms with E-state index in [0.717, 1.165) is 5.56 Å². The van der Waals surface area contributed by atoms with Crippen molar-refractivity contribution in [3.05, 3.63) is 54.1 Å². The van der Waals surface area contributed by atoms with E-state index in [9.17, 15) is 39.0 Å². The Morgan fingerprint density at radius 1 is 0.820 bits per heavy atom. The van der Waals surface area contributed by atoms with Crippen molar-refractivity contribution in [3.8, 4) is 0 Å². The van der Waals surface area contributed by atoms with Gasteiger partial charge in [-0.1, -0.05) is 44.2 Å². The van der Waals surface area contributed by atoms with Crippen molar-refractivity contribution in [2.75, 3.05) is 6.54 Å². The lowest BCUT2D eigenvalue weighted by Crippen LogP contribution is -2.59. The van der Waals surface area contributed by atoms with Gasteiger partial charge in [0.1, 0.15) is 24.2 Å². The molecule has 0 unspecified atom stereocenters. The molecule has 50 heavy (non-hydrogen) atoms. The molecule has 2 aromatic rings. The maximum Gasteiger partial charge on any atom is 0.326 e. The van der Waals surface area contributed by atoms with Gasteiger partial charge in [0.05, 0.1) is 12.4 Å². The number of hydrogen-bond acceptors (Lipinski definition) is 9. The number of carbonyl (C=O) groups excluding carboxylic acids is 4. The van der Waals surface area contributed by atoms with Crippen LogP contribution in [0.25, 0.3) is 0 Å². The highest BCUT2D eigenvalue weighted by molar-refractivity contribution is 5.95. The van der Waals surface area contributed by atoms with Gasteiger partial charge in [-0.25, -0.2) is 9.78 Å². The molecule has 0 aliphatic carbocycles. The summed E-state index contributed by atoms with van der Waals surface area (Å²) in [5.74, 6) is -5.97. The monoisotopic (exact) mass is 700 g/mol.